The van der Waals surface area contributed by atoms with Crippen LogP contribution in [0.3, 0.4) is 0 Å². The first-order valence-electron chi connectivity index (χ1n) is 11.9. The highest BCUT2D eigenvalue weighted by molar-refractivity contribution is 7.89. The number of ether oxygens (including phenoxy) is 2. The van der Waals surface area contributed by atoms with E-state index in [1.54, 1.807) is 0 Å². The van der Waals surface area contributed by atoms with Gasteiger partial charge < -0.3 is 9.47 Å². The van der Waals surface area contributed by atoms with Crippen LogP contribution in [0.25, 0.3) is 0 Å². The molecule has 0 amide bonds. The van der Waals surface area contributed by atoms with Crippen molar-refractivity contribution >= 4 is 21.6 Å². The number of aryl methyl sites for hydroxylation is 1. The zero-order chi connectivity index (χ0) is 26.4. The van der Waals surface area contributed by atoms with E-state index in [-0.39, 0.29) is 29.8 Å². The molecule has 0 unspecified atom stereocenters. The van der Waals surface area contributed by atoms with Crippen molar-refractivity contribution in [3.63, 3.8) is 0 Å². The van der Waals surface area contributed by atoms with Gasteiger partial charge in [-0.3, -0.25) is 4.90 Å². The summed E-state index contributed by atoms with van der Waals surface area (Å²) in [5.74, 6) is -0.189. The molecule has 1 saturated heterocycles. The van der Waals surface area contributed by atoms with Gasteiger partial charge >= 0.3 is 6.61 Å². The average molecular weight is 551 g/mol. The monoisotopic (exact) mass is 550 g/mol. The van der Waals surface area contributed by atoms with E-state index in [1.165, 1.54) is 22.5 Å². The SMILES string of the molecule is Cc1cccc(CO[C@@H](CN2CCN(S(=O)(=O)c3cccc(OC(F)F)c3)CC2)c2ccc(Cl)cc2)c1. The number of hydrogen-bond acceptors (Lipinski definition) is 5. The second-order valence-electron chi connectivity index (χ2n) is 8.90. The van der Waals surface area contributed by atoms with Crippen LogP contribution in [0, 0.1) is 6.92 Å². The Balaban J connectivity index is 1.41. The Bertz CT molecular complexity index is 1280. The van der Waals surface area contributed by atoms with Crippen molar-refractivity contribution in [3.05, 3.63) is 94.5 Å². The summed E-state index contributed by atoms with van der Waals surface area (Å²) in [6.07, 6.45) is -0.232. The first-order valence-corrected chi connectivity index (χ1v) is 13.7. The summed E-state index contributed by atoms with van der Waals surface area (Å²) in [5, 5.41) is 0.642. The third kappa shape index (κ3) is 7.49. The first-order chi connectivity index (χ1) is 17.7. The largest absolute Gasteiger partial charge is 0.435 e. The Labute approximate surface area is 221 Å². The lowest BCUT2D eigenvalue weighted by Crippen LogP contribution is -2.49. The first kappa shape index (κ1) is 27.5. The maximum absolute atomic E-state index is 13.1. The summed E-state index contributed by atoms with van der Waals surface area (Å²) in [6.45, 7) is 1.59. The van der Waals surface area contributed by atoms with Crippen LogP contribution >= 0.6 is 11.6 Å². The Kier molecular flexibility index (Phi) is 9.15. The molecular weight excluding hydrogens is 522 g/mol. The van der Waals surface area contributed by atoms with Crippen LogP contribution < -0.4 is 4.74 Å². The summed E-state index contributed by atoms with van der Waals surface area (Å²) >= 11 is 6.08. The number of rotatable bonds is 10. The van der Waals surface area contributed by atoms with Gasteiger partial charge in [-0.15, -0.1) is 0 Å². The van der Waals surface area contributed by atoms with E-state index in [0.717, 1.165) is 22.8 Å². The van der Waals surface area contributed by atoms with E-state index in [0.29, 0.717) is 31.3 Å². The molecule has 1 fully saturated rings. The summed E-state index contributed by atoms with van der Waals surface area (Å²) in [5.41, 5.74) is 3.23. The zero-order valence-corrected chi connectivity index (χ0v) is 22.0. The van der Waals surface area contributed by atoms with E-state index in [4.69, 9.17) is 16.3 Å². The molecule has 0 saturated carbocycles. The molecule has 0 aromatic heterocycles. The molecule has 3 aromatic rings. The number of benzene rings is 3. The van der Waals surface area contributed by atoms with Crippen LogP contribution in [0.1, 0.15) is 22.8 Å². The maximum atomic E-state index is 13.1. The molecule has 3 aromatic carbocycles. The zero-order valence-electron chi connectivity index (χ0n) is 20.4. The molecule has 1 aliphatic rings. The number of hydrogen-bond donors (Lipinski definition) is 0. The minimum Gasteiger partial charge on any atom is -0.435 e. The van der Waals surface area contributed by atoms with E-state index in [2.05, 4.69) is 15.7 Å². The third-order valence-corrected chi connectivity index (χ3v) is 8.35. The predicted molar refractivity (Wildman–Crippen MR) is 138 cm³/mol. The quantitative estimate of drug-likeness (QED) is 0.333. The summed E-state index contributed by atoms with van der Waals surface area (Å²) in [6, 6.07) is 20.9. The number of piperazine rings is 1. The Morgan fingerprint density at radius 1 is 0.946 bits per heavy atom. The molecule has 0 N–H and O–H groups in total. The normalized spacial score (nSPS) is 16.1. The van der Waals surface area contributed by atoms with E-state index < -0.39 is 16.6 Å². The minimum absolute atomic E-state index is 0.0698. The molecular formula is C27H29ClF2N2O4S. The molecule has 1 aliphatic heterocycles. The fraction of sp³-hybridized carbons (Fsp3) is 0.333. The van der Waals surface area contributed by atoms with Crippen LogP contribution in [0.4, 0.5) is 8.78 Å². The van der Waals surface area contributed by atoms with Gasteiger partial charge in [0.1, 0.15) is 5.75 Å². The predicted octanol–water partition coefficient (Wildman–Crippen LogP) is 5.51. The lowest BCUT2D eigenvalue weighted by atomic mass is 10.1. The second-order valence-corrected chi connectivity index (χ2v) is 11.3. The van der Waals surface area contributed by atoms with E-state index in [1.807, 2.05) is 49.4 Å². The van der Waals surface area contributed by atoms with Crippen molar-refractivity contribution in [1.82, 2.24) is 9.21 Å². The summed E-state index contributed by atoms with van der Waals surface area (Å²) in [4.78, 5) is 2.09. The molecule has 4 rings (SSSR count). The van der Waals surface area contributed by atoms with Gasteiger partial charge in [0, 0.05) is 43.8 Å². The molecule has 0 aliphatic carbocycles. The topological polar surface area (TPSA) is 59.1 Å². The number of halogens is 3. The van der Waals surface area contributed by atoms with Crippen LogP contribution in [0.2, 0.25) is 5.02 Å². The molecule has 0 spiro atoms. The van der Waals surface area contributed by atoms with Crippen molar-refractivity contribution in [2.75, 3.05) is 32.7 Å². The van der Waals surface area contributed by atoms with Gasteiger partial charge in [-0.25, -0.2) is 8.42 Å². The fourth-order valence-electron chi connectivity index (χ4n) is 4.28. The van der Waals surface area contributed by atoms with Crippen LogP contribution in [0.15, 0.2) is 77.7 Å². The Morgan fingerprint density at radius 3 is 2.32 bits per heavy atom. The number of alkyl halides is 2. The van der Waals surface area contributed by atoms with E-state index >= 15 is 0 Å². The fourth-order valence-corrected chi connectivity index (χ4v) is 5.86. The molecule has 0 radical (unpaired) electrons. The highest BCUT2D eigenvalue weighted by Gasteiger charge is 2.30. The lowest BCUT2D eigenvalue weighted by molar-refractivity contribution is -0.0500. The third-order valence-electron chi connectivity index (χ3n) is 6.20. The molecule has 1 atom stereocenters. The lowest BCUT2D eigenvalue weighted by Gasteiger charge is -2.36. The van der Waals surface area contributed by atoms with Gasteiger partial charge in [0.15, 0.2) is 0 Å². The molecule has 10 heteroatoms. The molecule has 0 bridgehead atoms. The van der Waals surface area contributed by atoms with Crippen molar-refractivity contribution in [1.29, 1.82) is 0 Å². The minimum atomic E-state index is -3.84. The van der Waals surface area contributed by atoms with E-state index in [9.17, 15) is 17.2 Å². The molecule has 1 heterocycles. The standard InChI is InChI=1S/C27H29ClF2N2O4S/c1-20-4-2-5-21(16-20)19-35-26(22-8-10-23(28)11-9-22)18-31-12-14-32(15-13-31)37(33,34)25-7-3-6-24(17-25)36-27(29)30/h2-11,16-17,26-27H,12-15,18-19H2,1H3/t26-/m0/s1. The van der Waals surface area contributed by atoms with Crippen LogP contribution in [-0.4, -0.2) is 57.0 Å². The van der Waals surface area contributed by atoms with Gasteiger partial charge in [-0.05, 0) is 42.3 Å². The smallest absolute Gasteiger partial charge is 0.387 e. The second kappa shape index (κ2) is 12.3. The average Bonchev–Trinajstić information content (AvgIpc) is 2.87. The van der Waals surface area contributed by atoms with Crippen molar-refractivity contribution in [2.24, 2.45) is 0 Å². The van der Waals surface area contributed by atoms with Gasteiger partial charge in [0.25, 0.3) is 0 Å². The highest BCUT2D eigenvalue weighted by atomic mass is 35.5. The van der Waals surface area contributed by atoms with Crippen molar-refractivity contribution in [2.45, 2.75) is 31.1 Å². The van der Waals surface area contributed by atoms with Crippen molar-refractivity contribution < 1.29 is 26.7 Å². The van der Waals surface area contributed by atoms with Crippen molar-refractivity contribution in [3.8, 4) is 5.75 Å². The van der Waals surface area contributed by atoms with Gasteiger partial charge in [0.2, 0.25) is 10.0 Å². The highest BCUT2D eigenvalue weighted by Crippen LogP contribution is 2.26. The Morgan fingerprint density at radius 2 is 1.65 bits per heavy atom. The van der Waals surface area contributed by atoms with Gasteiger partial charge in [0.05, 0.1) is 17.6 Å². The molecule has 37 heavy (non-hydrogen) atoms. The van der Waals surface area contributed by atoms with Gasteiger partial charge in [-0.2, -0.15) is 13.1 Å². The van der Waals surface area contributed by atoms with Gasteiger partial charge in [-0.1, -0.05) is 59.6 Å². The van der Waals surface area contributed by atoms with Crippen LogP contribution in [0.5, 0.6) is 5.75 Å². The molecule has 198 valence electrons. The van der Waals surface area contributed by atoms with Crippen LogP contribution in [-0.2, 0) is 21.4 Å². The number of nitrogens with zero attached hydrogens (tertiary/aromatic N) is 2. The maximum Gasteiger partial charge on any atom is 0.387 e. The summed E-state index contributed by atoms with van der Waals surface area (Å²) in [7, 11) is -3.84. The Hall–Kier alpha value is -2.56. The molecule has 6 nitrogen and oxygen atoms in total. The number of sulfonamides is 1. The summed E-state index contributed by atoms with van der Waals surface area (Å²) < 4.78 is 63.4.